The van der Waals surface area contributed by atoms with Crippen molar-refractivity contribution in [2.75, 3.05) is 20.8 Å². The molecule has 0 bridgehead atoms. The molecule has 0 saturated carbocycles. The highest BCUT2D eigenvalue weighted by molar-refractivity contribution is 7.18. The molecule has 6 heteroatoms. The summed E-state index contributed by atoms with van der Waals surface area (Å²) in [5.41, 5.74) is 1.57. The zero-order chi connectivity index (χ0) is 18.1. The van der Waals surface area contributed by atoms with Crippen LogP contribution in [0.4, 0.5) is 0 Å². The Morgan fingerprint density at radius 2 is 1.88 bits per heavy atom. The summed E-state index contributed by atoms with van der Waals surface area (Å²) in [7, 11) is 3.17. The van der Waals surface area contributed by atoms with Gasteiger partial charge in [-0.3, -0.25) is 4.79 Å². The number of methoxy groups -OCH3 is 2. The van der Waals surface area contributed by atoms with Gasteiger partial charge in [0.1, 0.15) is 16.5 Å². The van der Waals surface area contributed by atoms with Gasteiger partial charge in [0.15, 0.2) is 0 Å². The number of ether oxygens (including phenoxy) is 2. The topological polar surface area (TPSA) is 51.7 Å². The molecule has 3 aromatic rings. The summed E-state index contributed by atoms with van der Waals surface area (Å²) in [6.45, 7) is 0.735. The molecule has 1 aromatic heterocycles. The number of nitrogens with zero attached hydrogens (tertiary/aromatic N) is 2. The van der Waals surface area contributed by atoms with E-state index in [9.17, 15) is 4.79 Å². The molecule has 1 fully saturated rings. The quantitative estimate of drug-likeness (QED) is 0.689. The van der Waals surface area contributed by atoms with Crippen LogP contribution in [-0.2, 0) is 0 Å². The molecule has 134 valence electrons. The molecule has 1 aliphatic rings. The molecule has 5 nitrogen and oxygen atoms in total. The minimum atomic E-state index is -0.0102. The minimum absolute atomic E-state index is 0.0102. The van der Waals surface area contributed by atoms with E-state index in [0.29, 0.717) is 17.1 Å². The Labute approximate surface area is 156 Å². The molecule has 4 rings (SSSR count). The van der Waals surface area contributed by atoms with Crippen LogP contribution >= 0.6 is 11.3 Å². The smallest absolute Gasteiger partial charge is 0.254 e. The van der Waals surface area contributed by atoms with Gasteiger partial charge in [-0.2, -0.15) is 0 Å². The molecule has 2 aromatic carbocycles. The van der Waals surface area contributed by atoms with Crippen LogP contribution in [0, 0.1) is 0 Å². The van der Waals surface area contributed by atoms with Crippen LogP contribution < -0.4 is 9.47 Å². The van der Waals surface area contributed by atoms with Gasteiger partial charge in [-0.25, -0.2) is 4.98 Å². The predicted octanol–water partition coefficient (Wildman–Crippen LogP) is 4.29. The number of thiazole rings is 1. The molecule has 26 heavy (non-hydrogen) atoms. The summed E-state index contributed by atoms with van der Waals surface area (Å²) in [4.78, 5) is 19.9. The van der Waals surface area contributed by atoms with Gasteiger partial charge in [-0.05, 0) is 37.1 Å². The van der Waals surface area contributed by atoms with E-state index < -0.39 is 0 Å². The lowest BCUT2D eigenvalue weighted by Gasteiger charge is -2.23. The average molecular weight is 368 g/mol. The third-order valence-corrected chi connectivity index (χ3v) is 5.85. The molecule has 0 N–H and O–H groups in total. The standard InChI is InChI=1S/C20H20N2O3S/c1-24-14-10-13(11-15(12-14)25-2)20(23)22-9-5-7-17(22)19-21-16-6-3-4-8-18(16)26-19/h3-4,6,8,10-12,17H,5,7,9H2,1-2H3/t17-/m0/s1. The molecule has 0 unspecified atom stereocenters. The van der Waals surface area contributed by atoms with Crippen molar-refractivity contribution in [3.05, 3.63) is 53.0 Å². The van der Waals surface area contributed by atoms with Crippen LogP contribution in [0.25, 0.3) is 10.2 Å². The highest BCUT2D eigenvalue weighted by atomic mass is 32.1. The van der Waals surface area contributed by atoms with Crippen molar-refractivity contribution in [3.63, 3.8) is 0 Å². The number of hydrogen-bond acceptors (Lipinski definition) is 5. The highest BCUT2D eigenvalue weighted by Crippen LogP contribution is 2.37. The number of para-hydroxylation sites is 1. The number of likely N-dealkylation sites (tertiary alicyclic amines) is 1. The third-order valence-electron chi connectivity index (χ3n) is 4.71. The maximum absolute atomic E-state index is 13.2. The first-order chi connectivity index (χ1) is 12.7. The number of amides is 1. The zero-order valence-electron chi connectivity index (χ0n) is 14.8. The average Bonchev–Trinajstić information content (AvgIpc) is 3.33. The summed E-state index contributed by atoms with van der Waals surface area (Å²) in [6.07, 6.45) is 1.92. The Hall–Kier alpha value is -2.60. The summed E-state index contributed by atoms with van der Waals surface area (Å²) >= 11 is 1.67. The van der Waals surface area contributed by atoms with Crippen LogP contribution in [0.15, 0.2) is 42.5 Å². The number of rotatable bonds is 4. The molecule has 1 atom stereocenters. The Morgan fingerprint density at radius 1 is 1.15 bits per heavy atom. The van der Waals surface area contributed by atoms with E-state index in [1.165, 1.54) is 0 Å². The number of benzene rings is 2. The normalized spacial score (nSPS) is 16.8. The SMILES string of the molecule is COc1cc(OC)cc(C(=O)N2CCC[C@H]2c2nc3ccccc3s2)c1. The van der Waals surface area contributed by atoms with Crippen molar-refractivity contribution in [1.29, 1.82) is 0 Å². The van der Waals surface area contributed by atoms with E-state index in [0.717, 1.165) is 34.6 Å². The lowest BCUT2D eigenvalue weighted by Crippen LogP contribution is -2.30. The van der Waals surface area contributed by atoms with E-state index in [1.807, 2.05) is 23.1 Å². The summed E-state index contributed by atoms with van der Waals surface area (Å²) in [5.74, 6) is 1.22. The Morgan fingerprint density at radius 3 is 2.58 bits per heavy atom. The molecule has 0 radical (unpaired) electrons. The Bertz CT molecular complexity index is 898. The molecule has 1 amide bonds. The van der Waals surface area contributed by atoms with Gasteiger partial charge < -0.3 is 14.4 Å². The van der Waals surface area contributed by atoms with Crippen LogP contribution in [0.2, 0.25) is 0 Å². The first kappa shape index (κ1) is 16.8. The maximum Gasteiger partial charge on any atom is 0.254 e. The zero-order valence-corrected chi connectivity index (χ0v) is 15.6. The van der Waals surface area contributed by atoms with Crippen LogP contribution in [-0.4, -0.2) is 36.6 Å². The molecular formula is C20H20N2O3S. The second kappa shape index (κ2) is 6.96. The number of carbonyl (C=O) groups is 1. The van der Waals surface area contributed by atoms with Gasteiger partial charge in [0, 0.05) is 18.2 Å². The molecular weight excluding hydrogens is 348 g/mol. The number of fused-ring (bicyclic) bond motifs is 1. The van der Waals surface area contributed by atoms with Gasteiger partial charge >= 0.3 is 0 Å². The number of carbonyl (C=O) groups excluding carboxylic acids is 1. The number of aromatic nitrogens is 1. The van der Waals surface area contributed by atoms with E-state index in [-0.39, 0.29) is 11.9 Å². The first-order valence-corrected chi connectivity index (χ1v) is 9.41. The summed E-state index contributed by atoms with van der Waals surface area (Å²) < 4.78 is 11.8. The van der Waals surface area contributed by atoms with Crippen molar-refractivity contribution in [2.24, 2.45) is 0 Å². The fraction of sp³-hybridized carbons (Fsp3) is 0.300. The fourth-order valence-corrected chi connectivity index (χ4v) is 4.51. The van der Waals surface area contributed by atoms with Crippen LogP contribution in [0.3, 0.4) is 0 Å². The summed E-state index contributed by atoms with van der Waals surface area (Å²) in [6, 6.07) is 13.4. The van der Waals surface area contributed by atoms with Crippen LogP contribution in [0.5, 0.6) is 11.5 Å². The van der Waals surface area contributed by atoms with Gasteiger partial charge in [-0.1, -0.05) is 12.1 Å². The molecule has 1 saturated heterocycles. The predicted molar refractivity (Wildman–Crippen MR) is 102 cm³/mol. The monoisotopic (exact) mass is 368 g/mol. The van der Waals surface area contributed by atoms with Gasteiger partial charge in [0.05, 0.1) is 30.5 Å². The maximum atomic E-state index is 13.2. The van der Waals surface area contributed by atoms with Gasteiger partial charge in [0.25, 0.3) is 5.91 Å². The second-order valence-corrected chi connectivity index (χ2v) is 7.34. The van der Waals surface area contributed by atoms with Crippen molar-refractivity contribution >= 4 is 27.5 Å². The lowest BCUT2D eigenvalue weighted by atomic mass is 10.1. The Balaban J connectivity index is 1.66. The van der Waals surface area contributed by atoms with E-state index in [2.05, 4.69) is 6.07 Å². The largest absolute Gasteiger partial charge is 0.497 e. The first-order valence-electron chi connectivity index (χ1n) is 8.59. The molecule has 0 spiro atoms. The van der Waals surface area contributed by atoms with Gasteiger partial charge in [-0.15, -0.1) is 11.3 Å². The summed E-state index contributed by atoms with van der Waals surface area (Å²) in [5, 5.41) is 1.01. The van der Waals surface area contributed by atoms with Crippen molar-refractivity contribution in [3.8, 4) is 11.5 Å². The lowest BCUT2D eigenvalue weighted by molar-refractivity contribution is 0.0735. The van der Waals surface area contributed by atoms with Crippen LogP contribution in [0.1, 0.15) is 34.2 Å². The third kappa shape index (κ3) is 3.01. The van der Waals surface area contributed by atoms with E-state index in [1.54, 1.807) is 43.8 Å². The van der Waals surface area contributed by atoms with Gasteiger partial charge in [0.2, 0.25) is 0 Å². The molecule has 1 aliphatic heterocycles. The fourth-order valence-electron chi connectivity index (χ4n) is 3.40. The minimum Gasteiger partial charge on any atom is -0.497 e. The van der Waals surface area contributed by atoms with Crippen molar-refractivity contribution in [2.45, 2.75) is 18.9 Å². The van der Waals surface area contributed by atoms with E-state index >= 15 is 0 Å². The second-order valence-electron chi connectivity index (χ2n) is 6.28. The molecule has 2 heterocycles. The molecule has 0 aliphatic carbocycles. The van der Waals surface area contributed by atoms with Crippen molar-refractivity contribution < 1.29 is 14.3 Å². The van der Waals surface area contributed by atoms with Crippen molar-refractivity contribution in [1.82, 2.24) is 9.88 Å². The number of hydrogen-bond donors (Lipinski definition) is 0. The highest BCUT2D eigenvalue weighted by Gasteiger charge is 2.33. The van der Waals surface area contributed by atoms with E-state index in [4.69, 9.17) is 14.5 Å². The Kier molecular flexibility index (Phi) is 4.51.